The highest BCUT2D eigenvalue weighted by atomic mass is 16.2. The van der Waals surface area contributed by atoms with Crippen LogP contribution >= 0.6 is 0 Å². The molecule has 13 heavy (non-hydrogen) atoms. The van der Waals surface area contributed by atoms with Crippen molar-refractivity contribution in [2.24, 2.45) is 0 Å². The van der Waals surface area contributed by atoms with E-state index < -0.39 is 0 Å². The lowest BCUT2D eigenvalue weighted by molar-refractivity contribution is -0.123. The monoisotopic (exact) mass is 183 g/mol. The number of carbonyl (C=O) groups is 2. The summed E-state index contributed by atoms with van der Waals surface area (Å²) >= 11 is 0. The summed E-state index contributed by atoms with van der Waals surface area (Å²) in [7, 11) is 0. The van der Waals surface area contributed by atoms with Crippen LogP contribution in [0.5, 0.6) is 0 Å². The first-order valence-electron chi connectivity index (χ1n) is 4.58. The molecule has 2 saturated heterocycles. The number of likely N-dealkylation sites (tertiary alicyclic amines) is 1. The van der Waals surface area contributed by atoms with Crippen molar-refractivity contribution >= 4 is 11.9 Å². The molecule has 0 aromatic carbocycles. The van der Waals surface area contributed by atoms with Gasteiger partial charge in [-0.1, -0.05) is 0 Å². The second kappa shape index (κ2) is 3.24. The molecule has 1 N–H and O–H groups in total. The molecule has 0 atom stereocenters. The normalized spacial score (nSPS) is 22.3. The van der Waals surface area contributed by atoms with E-state index in [0.29, 0.717) is 13.1 Å². The molecule has 0 aliphatic carbocycles. The zero-order chi connectivity index (χ0) is 9.26. The zero-order valence-corrected chi connectivity index (χ0v) is 7.45. The Bertz CT molecular complexity index is 238. The Hall–Kier alpha value is -1.26. The van der Waals surface area contributed by atoms with Crippen LogP contribution in [0.4, 0.5) is 4.79 Å². The van der Waals surface area contributed by atoms with Gasteiger partial charge in [-0.25, -0.2) is 4.79 Å². The van der Waals surface area contributed by atoms with E-state index in [4.69, 9.17) is 0 Å². The van der Waals surface area contributed by atoms with Gasteiger partial charge >= 0.3 is 6.03 Å². The molecule has 2 heterocycles. The van der Waals surface area contributed by atoms with Crippen molar-refractivity contribution in [3.8, 4) is 0 Å². The summed E-state index contributed by atoms with van der Waals surface area (Å²) in [4.78, 5) is 26.0. The van der Waals surface area contributed by atoms with Crippen molar-refractivity contribution in [3.05, 3.63) is 0 Å². The van der Waals surface area contributed by atoms with Crippen LogP contribution in [0.15, 0.2) is 0 Å². The predicted molar refractivity (Wildman–Crippen MR) is 46.2 cm³/mol. The Balaban J connectivity index is 1.91. The highest BCUT2D eigenvalue weighted by molar-refractivity contribution is 5.85. The maximum atomic E-state index is 11.6. The van der Waals surface area contributed by atoms with Crippen molar-refractivity contribution in [1.29, 1.82) is 0 Å². The third-order valence-electron chi connectivity index (χ3n) is 2.44. The van der Waals surface area contributed by atoms with Crippen LogP contribution in [0.1, 0.15) is 6.42 Å². The molecule has 0 aromatic heterocycles. The molecule has 0 spiro atoms. The summed E-state index contributed by atoms with van der Waals surface area (Å²) in [5.41, 5.74) is 0. The molecule has 2 rings (SSSR count). The lowest BCUT2D eigenvalue weighted by Gasteiger charge is -2.37. The van der Waals surface area contributed by atoms with Crippen LogP contribution in [0.25, 0.3) is 0 Å². The Kier molecular flexibility index (Phi) is 2.08. The summed E-state index contributed by atoms with van der Waals surface area (Å²) in [5, 5.41) is 2.69. The van der Waals surface area contributed by atoms with E-state index in [0.717, 1.165) is 19.5 Å². The Labute approximate surface area is 76.7 Å². The average molecular weight is 183 g/mol. The minimum absolute atomic E-state index is 0.0149. The van der Waals surface area contributed by atoms with Gasteiger partial charge in [-0.2, -0.15) is 0 Å². The SMILES string of the molecule is O=C1CN(C(=O)N2CCC2)CCN1. The number of hydrogen-bond acceptors (Lipinski definition) is 2. The van der Waals surface area contributed by atoms with Gasteiger partial charge in [0.2, 0.25) is 5.91 Å². The van der Waals surface area contributed by atoms with E-state index in [9.17, 15) is 9.59 Å². The molecule has 2 aliphatic heterocycles. The average Bonchev–Trinajstić information content (AvgIpc) is 2.01. The molecule has 0 unspecified atom stereocenters. The number of urea groups is 1. The number of nitrogens with zero attached hydrogens (tertiary/aromatic N) is 2. The van der Waals surface area contributed by atoms with E-state index in [1.165, 1.54) is 0 Å². The molecule has 5 nitrogen and oxygen atoms in total. The Morgan fingerprint density at radius 3 is 2.54 bits per heavy atom. The van der Waals surface area contributed by atoms with Gasteiger partial charge in [0.25, 0.3) is 0 Å². The van der Waals surface area contributed by atoms with Gasteiger partial charge in [0, 0.05) is 26.2 Å². The molecule has 0 bridgehead atoms. The highest BCUT2D eigenvalue weighted by Gasteiger charge is 2.28. The van der Waals surface area contributed by atoms with Gasteiger partial charge in [-0.05, 0) is 6.42 Å². The van der Waals surface area contributed by atoms with Crippen molar-refractivity contribution < 1.29 is 9.59 Å². The van der Waals surface area contributed by atoms with Crippen molar-refractivity contribution in [2.75, 3.05) is 32.7 Å². The fourth-order valence-electron chi connectivity index (χ4n) is 1.51. The second-order valence-electron chi connectivity index (χ2n) is 3.39. The van der Waals surface area contributed by atoms with Crippen LogP contribution in [-0.2, 0) is 4.79 Å². The third-order valence-corrected chi connectivity index (χ3v) is 2.44. The molecule has 0 aromatic rings. The zero-order valence-electron chi connectivity index (χ0n) is 7.45. The number of nitrogens with one attached hydrogen (secondary N) is 1. The first-order chi connectivity index (χ1) is 6.27. The summed E-state index contributed by atoms with van der Waals surface area (Å²) in [6.07, 6.45) is 1.09. The van der Waals surface area contributed by atoms with E-state index in [-0.39, 0.29) is 18.5 Å². The van der Waals surface area contributed by atoms with Gasteiger partial charge in [0.15, 0.2) is 0 Å². The van der Waals surface area contributed by atoms with Crippen LogP contribution in [0.3, 0.4) is 0 Å². The molecule has 0 radical (unpaired) electrons. The minimum Gasteiger partial charge on any atom is -0.353 e. The quantitative estimate of drug-likeness (QED) is 0.537. The van der Waals surface area contributed by atoms with E-state index >= 15 is 0 Å². The fraction of sp³-hybridized carbons (Fsp3) is 0.750. The lowest BCUT2D eigenvalue weighted by atomic mass is 10.2. The molecule has 3 amide bonds. The molecule has 2 fully saturated rings. The number of amides is 3. The predicted octanol–water partition coefficient (Wildman–Crippen LogP) is -0.756. The lowest BCUT2D eigenvalue weighted by Crippen LogP contribution is -2.56. The molecule has 2 aliphatic rings. The van der Waals surface area contributed by atoms with Crippen molar-refractivity contribution in [2.45, 2.75) is 6.42 Å². The van der Waals surface area contributed by atoms with Gasteiger partial charge in [0.05, 0.1) is 0 Å². The summed E-state index contributed by atoms with van der Waals surface area (Å²) in [5.74, 6) is -0.0554. The molecule has 5 heteroatoms. The minimum atomic E-state index is -0.0554. The van der Waals surface area contributed by atoms with Gasteiger partial charge in [0.1, 0.15) is 6.54 Å². The second-order valence-corrected chi connectivity index (χ2v) is 3.39. The molecular formula is C8H13N3O2. The van der Waals surface area contributed by atoms with E-state index in [2.05, 4.69) is 5.32 Å². The summed E-state index contributed by atoms with van der Waals surface area (Å²) in [6.45, 7) is 3.13. The number of hydrogen-bond donors (Lipinski definition) is 1. The summed E-state index contributed by atoms with van der Waals surface area (Å²) in [6, 6.07) is 0.0149. The van der Waals surface area contributed by atoms with Gasteiger partial charge in [-0.15, -0.1) is 0 Å². The van der Waals surface area contributed by atoms with Crippen molar-refractivity contribution in [1.82, 2.24) is 15.1 Å². The first kappa shape index (κ1) is 8.34. The van der Waals surface area contributed by atoms with Crippen LogP contribution in [0, 0.1) is 0 Å². The van der Waals surface area contributed by atoms with Crippen molar-refractivity contribution in [3.63, 3.8) is 0 Å². The molecule has 0 saturated carbocycles. The number of rotatable bonds is 0. The van der Waals surface area contributed by atoms with Gasteiger partial charge in [-0.3, -0.25) is 4.79 Å². The fourth-order valence-corrected chi connectivity index (χ4v) is 1.51. The van der Waals surface area contributed by atoms with Gasteiger partial charge < -0.3 is 15.1 Å². The highest BCUT2D eigenvalue weighted by Crippen LogP contribution is 2.10. The largest absolute Gasteiger partial charge is 0.353 e. The van der Waals surface area contributed by atoms with E-state index in [1.54, 1.807) is 9.80 Å². The van der Waals surface area contributed by atoms with Crippen LogP contribution in [-0.4, -0.2) is 54.5 Å². The Morgan fingerprint density at radius 2 is 2.00 bits per heavy atom. The maximum absolute atomic E-state index is 11.6. The number of piperazine rings is 1. The van der Waals surface area contributed by atoms with Crippen LogP contribution < -0.4 is 5.32 Å². The molecule has 72 valence electrons. The Morgan fingerprint density at radius 1 is 1.23 bits per heavy atom. The maximum Gasteiger partial charge on any atom is 0.320 e. The third kappa shape index (κ3) is 1.59. The first-order valence-corrected chi connectivity index (χ1v) is 4.58. The summed E-state index contributed by atoms with van der Waals surface area (Å²) < 4.78 is 0. The smallest absolute Gasteiger partial charge is 0.320 e. The number of carbonyl (C=O) groups excluding carboxylic acids is 2. The molecular weight excluding hydrogens is 170 g/mol. The standard InChI is InChI=1S/C8H13N3O2/c12-7-6-11(5-2-9-7)8(13)10-3-1-4-10/h1-6H2,(H,9,12). The topological polar surface area (TPSA) is 52.7 Å². The van der Waals surface area contributed by atoms with Crippen LogP contribution in [0.2, 0.25) is 0 Å². The van der Waals surface area contributed by atoms with E-state index in [1.807, 2.05) is 0 Å².